The summed E-state index contributed by atoms with van der Waals surface area (Å²) >= 11 is 12.1. The summed E-state index contributed by atoms with van der Waals surface area (Å²) in [6.45, 7) is 6.05. The monoisotopic (exact) mass is 371 g/mol. The summed E-state index contributed by atoms with van der Waals surface area (Å²) in [6.07, 6.45) is 2.80. The largest absolute Gasteiger partial charge is 0.444 e. The van der Waals surface area contributed by atoms with Gasteiger partial charge in [-0.05, 0) is 56.9 Å². The highest BCUT2D eigenvalue weighted by atomic mass is 35.5. The zero-order valence-electron chi connectivity index (χ0n) is 14.2. The van der Waals surface area contributed by atoms with Gasteiger partial charge in [0.15, 0.2) is 0 Å². The highest BCUT2D eigenvalue weighted by Gasteiger charge is 2.30. The van der Waals surface area contributed by atoms with Gasteiger partial charge in [0.1, 0.15) is 5.60 Å². The third-order valence-electron chi connectivity index (χ3n) is 3.76. The number of benzene rings is 1. The second kappa shape index (κ2) is 7.77. The molecule has 2 rings (SSSR count). The van der Waals surface area contributed by atoms with Crippen LogP contribution in [-0.2, 0) is 4.74 Å². The number of ether oxygens (including phenoxy) is 1. The van der Waals surface area contributed by atoms with Crippen molar-refractivity contribution >= 4 is 34.9 Å². The molecular weight excluding hydrogens is 349 g/mol. The second-order valence-electron chi connectivity index (χ2n) is 6.82. The number of aliphatic hydroxyl groups excluding tert-OH is 1. The first kappa shape index (κ1) is 19.1. The van der Waals surface area contributed by atoms with Gasteiger partial charge in [-0.2, -0.15) is 0 Å². The van der Waals surface area contributed by atoms with Crippen molar-refractivity contribution in [3.63, 3.8) is 0 Å². The molecule has 0 aromatic heterocycles. The van der Waals surface area contributed by atoms with Gasteiger partial charge < -0.3 is 14.7 Å². The van der Waals surface area contributed by atoms with Crippen molar-refractivity contribution in [3.05, 3.63) is 39.9 Å². The maximum absolute atomic E-state index is 12.4. The predicted octanol–water partition coefficient (Wildman–Crippen LogP) is 4.77. The lowest BCUT2D eigenvalue weighted by atomic mass is 9.95. The zero-order chi connectivity index (χ0) is 17.9. The maximum atomic E-state index is 12.4. The Balaban J connectivity index is 2.24. The molecule has 1 amide bonds. The Morgan fingerprint density at radius 3 is 2.62 bits per heavy atom. The van der Waals surface area contributed by atoms with Gasteiger partial charge in [-0.25, -0.2) is 4.79 Å². The second-order valence-corrected chi connectivity index (χ2v) is 7.64. The first-order valence-electron chi connectivity index (χ1n) is 7.98. The quantitative estimate of drug-likeness (QED) is 0.832. The Kier molecular flexibility index (Phi) is 6.18. The van der Waals surface area contributed by atoms with Crippen LogP contribution in [0.3, 0.4) is 0 Å². The Bertz CT molecular complexity index is 638. The number of hydrogen-bond acceptors (Lipinski definition) is 3. The number of nitrogens with zero attached hydrogens (tertiary/aromatic N) is 1. The molecule has 0 radical (unpaired) electrons. The van der Waals surface area contributed by atoms with Crippen molar-refractivity contribution in [2.24, 2.45) is 0 Å². The molecule has 1 aliphatic heterocycles. The molecule has 1 aromatic rings. The van der Waals surface area contributed by atoms with Crippen LogP contribution >= 0.6 is 23.2 Å². The third kappa shape index (κ3) is 4.88. The zero-order valence-corrected chi connectivity index (χ0v) is 15.7. The van der Waals surface area contributed by atoms with Gasteiger partial charge in [-0.15, -0.1) is 0 Å². The van der Waals surface area contributed by atoms with Gasteiger partial charge >= 0.3 is 6.09 Å². The van der Waals surface area contributed by atoms with E-state index in [2.05, 4.69) is 0 Å². The van der Waals surface area contributed by atoms with Gasteiger partial charge in [-0.1, -0.05) is 35.3 Å². The van der Waals surface area contributed by atoms with Crippen LogP contribution in [0.2, 0.25) is 10.0 Å². The Labute approximate surface area is 153 Å². The number of carbonyl (C=O) groups is 1. The van der Waals surface area contributed by atoms with E-state index >= 15 is 0 Å². The number of halogens is 2. The summed E-state index contributed by atoms with van der Waals surface area (Å²) in [5, 5.41) is 10.4. The SMILES string of the molecule is CC(C)(C)OC(=O)N1CCC(c2ccc(Cl)c(Cl)c2)=CC1CCO. The molecule has 1 heterocycles. The first-order valence-corrected chi connectivity index (χ1v) is 8.73. The van der Waals surface area contributed by atoms with Crippen molar-refractivity contribution in [2.75, 3.05) is 13.2 Å². The fourth-order valence-electron chi connectivity index (χ4n) is 2.67. The standard InChI is InChI=1S/C18H23Cl2NO3/c1-18(2,3)24-17(23)21-8-6-13(10-14(21)7-9-22)12-4-5-15(19)16(20)11-12/h4-5,10-11,14,22H,6-9H2,1-3H3. The normalized spacial score (nSPS) is 18.3. The smallest absolute Gasteiger partial charge is 0.410 e. The van der Waals surface area contributed by atoms with Crippen LogP contribution in [0.25, 0.3) is 5.57 Å². The molecule has 1 N–H and O–H groups in total. The summed E-state index contributed by atoms with van der Waals surface area (Å²) in [4.78, 5) is 14.1. The molecule has 6 heteroatoms. The molecular formula is C18H23Cl2NO3. The molecule has 4 nitrogen and oxygen atoms in total. The molecule has 1 aliphatic rings. The highest BCUT2D eigenvalue weighted by molar-refractivity contribution is 6.42. The minimum atomic E-state index is -0.547. The lowest BCUT2D eigenvalue weighted by molar-refractivity contribution is 0.0177. The van der Waals surface area contributed by atoms with Crippen LogP contribution in [0, 0.1) is 0 Å². The van der Waals surface area contributed by atoms with Crippen molar-refractivity contribution in [2.45, 2.75) is 45.3 Å². The minimum Gasteiger partial charge on any atom is -0.444 e. The molecule has 0 bridgehead atoms. The molecule has 1 atom stereocenters. The third-order valence-corrected chi connectivity index (χ3v) is 4.50. The summed E-state index contributed by atoms with van der Waals surface area (Å²) < 4.78 is 5.47. The van der Waals surface area contributed by atoms with E-state index in [9.17, 15) is 9.90 Å². The topological polar surface area (TPSA) is 49.8 Å². The van der Waals surface area contributed by atoms with Crippen LogP contribution in [0.1, 0.15) is 39.2 Å². The molecule has 132 valence electrons. The number of rotatable bonds is 3. The average Bonchev–Trinajstić information content (AvgIpc) is 2.48. The lowest BCUT2D eigenvalue weighted by Crippen LogP contribution is -2.45. The van der Waals surface area contributed by atoms with Gasteiger partial charge in [0.05, 0.1) is 16.1 Å². The van der Waals surface area contributed by atoms with E-state index in [1.165, 1.54) is 0 Å². The molecule has 24 heavy (non-hydrogen) atoms. The summed E-state index contributed by atoms with van der Waals surface area (Å²) in [5.74, 6) is 0. The van der Waals surface area contributed by atoms with Crippen molar-refractivity contribution < 1.29 is 14.6 Å². The van der Waals surface area contributed by atoms with Crippen LogP contribution in [-0.4, -0.2) is 40.9 Å². The minimum absolute atomic E-state index is 0.00484. The molecule has 0 aliphatic carbocycles. The number of carbonyl (C=O) groups excluding carboxylic acids is 1. The van der Waals surface area contributed by atoms with Crippen molar-refractivity contribution in [1.29, 1.82) is 0 Å². The summed E-state index contributed by atoms with van der Waals surface area (Å²) in [7, 11) is 0. The van der Waals surface area contributed by atoms with E-state index in [0.717, 1.165) is 11.1 Å². The van der Waals surface area contributed by atoms with E-state index in [0.29, 0.717) is 29.4 Å². The molecule has 0 saturated carbocycles. The molecule has 1 aromatic carbocycles. The van der Waals surface area contributed by atoms with Crippen LogP contribution in [0.15, 0.2) is 24.3 Å². The van der Waals surface area contributed by atoms with E-state index < -0.39 is 5.60 Å². The molecule has 1 unspecified atom stereocenters. The first-order chi connectivity index (χ1) is 11.2. The average molecular weight is 372 g/mol. The van der Waals surface area contributed by atoms with E-state index in [-0.39, 0.29) is 18.7 Å². The van der Waals surface area contributed by atoms with E-state index in [4.69, 9.17) is 27.9 Å². The summed E-state index contributed by atoms with van der Waals surface area (Å²) in [5.41, 5.74) is 1.53. The molecule has 0 spiro atoms. The van der Waals surface area contributed by atoms with E-state index in [1.54, 1.807) is 11.0 Å². The fraction of sp³-hybridized carbons (Fsp3) is 0.500. The summed E-state index contributed by atoms with van der Waals surface area (Å²) in [6, 6.07) is 5.30. The van der Waals surface area contributed by atoms with Crippen LogP contribution in [0.4, 0.5) is 4.79 Å². The highest BCUT2D eigenvalue weighted by Crippen LogP contribution is 2.31. The lowest BCUT2D eigenvalue weighted by Gasteiger charge is -2.35. The number of amides is 1. The van der Waals surface area contributed by atoms with Gasteiger partial charge in [0.25, 0.3) is 0 Å². The van der Waals surface area contributed by atoms with Crippen molar-refractivity contribution in [3.8, 4) is 0 Å². The van der Waals surface area contributed by atoms with Gasteiger partial charge in [0.2, 0.25) is 0 Å². The fourth-order valence-corrected chi connectivity index (χ4v) is 2.97. The molecule has 0 saturated heterocycles. The number of hydrogen-bond donors (Lipinski definition) is 1. The van der Waals surface area contributed by atoms with Crippen LogP contribution < -0.4 is 0 Å². The predicted molar refractivity (Wildman–Crippen MR) is 97.5 cm³/mol. The van der Waals surface area contributed by atoms with Gasteiger partial charge in [-0.3, -0.25) is 0 Å². The Morgan fingerprint density at radius 2 is 2.04 bits per heavy atom. The Morgan fingerprint density at radius 1 is 1.33 bits per heavy atom. The maximum Gasteiger partial charge on any atom is 0.410 e. The van der Waals surface area contributed by atoms with Crippen LogP contribution in [0.5, 0.6) is 0 Å². The van der Waals surface area contributed by atoms with E-state index in [1.807, 2.05) is 39.0 Å². The molecule has 0 fully saturated rings. The number of aliphatic hydroxyl groups is 1. The van der Waals surface area contributed by atoms with Gasteiger partial charge in [0, 0.05) is 13.2 Å². The Hall–Kier alpha value is -1.23. The van der Waals surface area contributed by atoms with Crippen molar-refractivity contribution in [1.82, 2.24) is 4.90 Å².